The van der Waals surface area contributed by atoms with Crippen LogP contribution in [0.4, 0.5) is 5.69 Å². The maximum absolute atomic E-state index is 12.5. The summed E-state index contributed by atoms with van der Waals surface area (Å²) in [5.41, 5.74) is 1.60. The molecule has 7 heteroatoms. The SMILES string of the molecule is CCC[NH+](CC(=O)Nc1ccccc1OC)CC(=O)N[C@@H](C)c1ccc(Cl)cc1. The van der Waals surface area contributed by atoms with Gasteiger partial charge in [0.2, 0.25) is 0 Å². The third-order valence-electron chi connectivity index (χ3n) is 4.55. The molecule has 29 heavy (non-hydrogen) atoms. The first-order valence-electron chi connectivity index (χ1n) is 9.74. The first kappa shape index (κ1) is 22.7. The van der Waals surface area contributed by atoms with Gasteiger partial charge >= 0.3 is 0 Å². The van der Waals surface area contributed by atoms with Crippen molar-refractivity contribution < 1.29 is 19.2 Å². The molecule has 2 aromatic rings. The van der Waals surface area contributed by atoms with Crippen molar-refractivity contribution in [2.45, 2.75) is 26.3 Å². The lowest BCUT2D eigenvalue weighted by molar-refractivity contribution is -0.883. The van der Waals surface area contributed by atoms with Crippen LogP contribution >= 0.6 is 11.6 Å². The predicted molar refractivity (Wildman–Crippen MR) is 115 cm³/mol. The van der Waals surface area contributed by atoms with E-state index in [1.165, 1.54) is 0 Å². The average molecular weight is 419 g/mol. The van der Waals surface area contributed by atoms with E-state index in [-0.39, 0.29) is 30.9 Å². The van der Waals surface area contributed by atoms with Crippen molar-refractivity contribution in [2.75, 3.05) is 32.1 Å². The van der Waals surface area contributed by atoms with Crippen molar-refractivity contribution in [2.24, 2.45) is 0 Å². The molecule has 1 unspecified atom stereocenters. The lowest BCUT2D eigenvalue weighted by Crippen LogP contribution is -3.14. The third-order valence-corrected chi connectivity index (χ3v) is 4.81. The maximum Gasteiger partial charge on any atom is 0.279 e. The summed E-state index contributed by atoms with van der Waals surface area (Å²) in [5, 5.41) is 6.52. The zero-order valence-electron chi connectivity index (χ0n) is 17.1. The zero-order valence-corrected chi connectivity index (χ0v) is 17.9. The number of nitrogens with one attached hydrogen (secondary N) is 3. The molecule has 6 nitrogen and oxygen atoms in total. The minimum Gasteiger partial charge on any atom is -0.495 e. The highest BCUT2D eigenvalue weighted by atomic mass is 35.5. The predicted octanol–water partition coefficient (Wildman–Crippen LogP) is 2.46. The van der Waals surface area contributed by atoms with Gasteiger partial charge in [0, 0.05) is 5.02 Å². The van der Waals surface area contributed by atoms with E-state index in [0.717, 1.165) is 23.4 Å². The Hall–Kier alpha value is -2.57. The molecule has 0 aliphatic carbocycles. The van der Waals surface area contributed by atoms with Gasteiger partial charge in [-0.15, -0.1) is 0 Å². The number of benzene rings is 2. The number of carbonyl (C=O) groups is 2. The molecule has 0 radical (unpaired) electrons. The molecule has 0 aliphatic heterocycles. The number of halogens is 1. The van der Waals surface area contributed by atoms with E-state index in [1.807, 2.05) is 38.1 Å². The standard InChI is InChI=1S/C22H28ClN3O3/c1-4-13-26(15-22(28)25-19-7-5-6-8-20(19)29-3)14-21(27)24-16(2)17-9-11-18(23)12-10-17/h5-12,16H,4,13-15H2,1-3H3,(H,24,27)(H,25,28)/p+1/t16-/m0/s1. The largest absolute Gasteiger partial charge is 0.495 e. The highest BCUT2D eigenvalue weighted by Gasteiger charge is 2.20. The van der Waals surface area contributed by atoms with E-state index in [1.54, 1.807) is 31.4 Å². The molecule has 0 aliphatic rings. The van der Waals surface area contributed by atoms with E-state index in [9.17, 15) is 9.59 Å². The number of quaternary nitrogens is 1. The van der Waals surface area contributed by atoms with Crippen LogP contribution in [0, 0.1) is 0 Å². The van der Waals surface area contributed by atoms with Gasteiger partial charge < -0.3 is 20.3 Å². The molecular formula is C22H29ClN3O3+. The quantitative estimate of drug-likeness (QED) is 0.555. The number of anilines is 1. The molecule has 3 N–H and O–H groups in total. The second-order valence-corrected chi connectivity index (χ2v) is 7.38. The minimum atomic E-state index is -0.156. The molecule has 0 heterocycles. The van der Waals surface area contributed by atoms with Gasteiger partial charge in [-0.3, -0.25) is 9.59 Å². The summed E-state index contributed by atoms with van der Waals surface area (Å²) in [6.45, 7) is 5.11. The van der Waals surface area contributed by atoms with E-state index in [2.05, 4.69) is 10.6 Å². The number of methoxy groups -OCH3 is 1. The van der Waals surface area contributed by atoms with Crippen LogP contribution in [0.3, 0.4) is 0 Å². The van der Waals surface area contributed by atoms with Crippen molar-refractivity contribution in [3.8, 4) is 5.75 Å². The van der Waals surface area contributed by atoms with Crippen molar-refractivity contribution in [1.82, 2.24) is 5.32 Å². The Morgan fingerprint density at radius 3 is 2.38 bits per heavy atom. The third kappa shape index (κ3) is 7.40. The molecule has 0 aromatic heterocycles. The van der Waals surface area contributed by atoms with Gasteiger partial charge in [0.05, 0.1) is 25.4 Å². The number of para-hydroxylation sites is 2. The Bertz CT molecular complexity index is 811. The van der Waals surface area contributed by atoms with Crippen molar-refractivity contribution >= 4 is 29.1 Å². The van der Waals surface area contributed by atoms with Crippen molar-refractivity contribution in [3.63, 3.8) is 0 Å². The highest BCUT2D eigenvalue weighted by Crippen LogP contribution is 2.22. The fraction of sp³-hybridized carbons (Fsp3) is 0.364. The fourth-order valence-electron chi connectivity index (χ4n) is 3.12. The van der Waals surface area contributed by atoms with Crippen LogP contribution in [-0.4, -0.2) is 38.6 Å². The van der Waals surface area contributed by atoms with Crippen LogP contribution < -0.4 is 20.3 Å². The highest BCUT2D eigenvalue weighted by molar-refractivity contribution is 6.30. The molecule has 2 aromatic carbocycles. The number of rotatable bonds is 10. The smallest absolute Gasteiger partial charge is 0.279 e. The lowest BCUT2D eigenvalue weighted by Gasteiger charge is -2.20. The molecule has 0 fully saturated rings. The molecule has 0 saturated heterocycles. The monoisotopic (exact) mass is 418 g/mol. The maximum atomic E-state index is 12.5. The summed E-state index contributed by atoms with van der Waals surface area (Å²) in [4.78, 5) is 25.9. The molecule has 0 spiro atoms. The van der Waals surface area contributed by atoms with Gasteiger partial charge in [-0.1, -0.05) is 42.8 Å². The Kier molecular flexibility index (Phi) is 8.96. The van der Waals surface area contributed by atoms with Crippen molar-refractivity contribution in [3.05, 3.63) is 59.1 Å². The van der Waals surface area contributed by atoms with E-state index in [0.29, 0.717) is 16.5 Å². The number of amides is 2. The Morgan fingerprint density at radius 2 is 1.72 bits per heavy atom. The summed E-state index contributed by atoms with van der Waals surface area (Å²) < 4.78 is 5.26. The molecule has 2 rings (SSSR count). The summed E-state index contributed by atoms with van der Waals surface area (Å²) in [6, 6.07) is 14.5. The molecule has 0 bridgehead atoms. The van der Waals surface area contributed by atoms with Crippen LogP contribution in [0.15, 0.2) is 48.5 Å². The van der Waals surface area contributed by atoms with Crippen LogP contribution in [-0.2, 0) is 9.59 Å². The zero-order chi connectivity index (χ0) is 21.2. The second kappa shape index (κ2) is 11.4. The van der Waals surface area contributed by atoms with Crippen LogP contribution in [0.25, 0.3) is 0 Å². The van der Waals surface area contributed by atoms with Crippen LogP contribution in [0.2, 0.25) is 5.02 Å². The van der Waals surface area contributed by atoms with Gasteiger partial charge in [-0.05, 0) is 43.2 Å². The van der Waals surface area contributed by atoms with Crippen LogP contribution in [0.1, 0.15) is 31.9 Å². The average Bonchev–Trinajstić information content (AvgIpc) is 2.68. The minimum absolute atomic E-state index is 0.0963. The topological polar surface area (TPSA) is 71.9 Å². The first-order chi connectivity index (χ1) is 13.9. The van der Waals surface area contributed by atoms with E-state index in [4.69, 9.17) is 16.3 Å². The summed E-state index contributed by atoms with van der Waals surface area (Å²) in [5.74, 6) is 0.352. The molecular weight excluding hydrogens is 390 g/mol. The van der Waals surface area contributed by atoms with Gasteiger partial charge in [-0.25, -0.2) is 0 Å². The van der Waals surface area contributed by atoms with Gasteiger partial charge in [-0.2, -0.15) is 0 Å². The van der Waals surface area contributed by atoms with Gasteiger partial charge in [0.15, 0.2) is 13.1 Å². The molecule has 2 amide bonds. The van der Waals surface area contributed by atoms with Gasteiger partial charge in [0.1, 0.15) is 5.75 Å². The Morgan fingerprint density at radius 1 is 1.07 bits per heavy atom. The van der Waals surface area contributed by atoms with Crippen LogP contribution in [0.5, 0.6) is 5.75 Å². The van der Waals surface area contributed by atoms with Gasteiger partial charge in [0.25, 0.3) is 11.8 Å². The fourth-order valence-corrected chi connectivity index (χ4v) is 3.24. The van der Waals surface area contributed by atoms with Crippen molar-refractivity contribution in [1.29, 1.82) is 0 Å². The summed E-state index contributed by atoms with van der Waals surface area (Å²) in [7, 11) is 1.56. The second-order valence-electron chi connectivity index (χ2n) is 6.94. The molecule has 0 saturated carbocycles. The summed E-state index contributed by atoms with van der Waals surface area (Å²) in [6.07, 6.45) is 0.872. The van der Waals surface area contributed by atoms with E-state index >= 15 is 0 Å². The summed E-state index contributed by atoms with van der Waals surface area (Å²) >= 11 is 5.91. The lowest BCUT2D eigenvalue weighted by atomic mass is 10.1. The Balaban J connectivity index is 1.91. The normalized spacial score (nSPS) is 12.7. The number of hydrogen-bond acceptors (Lipinski definition) is 3. The first-order valence-corrected chi connectivity index (χ1v) is 10.1. The number of hydrogen-bond donors (Lipinski definition) is 3. The molecule has 156 valence electrons. The number of carbonyl (C=O) groups excluding carboxylic acids is 2. The Labute approximate surface area is 177 Å². The molecule has 2 atom stereocenters. The number of ether oxygens (including phenoxy) is 1. The van der Waals surface area contributed by atoms with E-state index < -0.39 is 0 Å².